The van der Waals surface area contributed by atoms with Crippen LogP contribution < -0.4 is 12.4 Å². The smallest absolute Gasteiger partial charge is 0.282 e. The second-order valence-electron chi connectivity index (χ2n) is 10.3. The molecule has 3 aliphatic rings. The summed E-state index contributed by atoms with van der Waals surface area (Å²) in [7, 11) is 0. The van der Waals surface area contributed by atoms with Crippen LogP contribution in [0.3, 0.4) is 0 Å². The quantitative estimate of drug-likeness (QED) is 0.352. The molecule has 7 heteroatoms. The first-order valence-electron chi connectivity index (χ1n) is 12.8. The lowest BCUT2D eigenvalue weighted by Gasteiger charge is -2.51. The molecule has 4 heterocycles. The first-order chi connectivity index (χ1) is 17.6. The molecule has 37 heavy (non-hydrogen) atoms. The molecule has 3 saturated heterocycles. The van der Waals surface area contributed by atoms with Gasteiger partial charge >= 0.3 is 0 Å². The molecular weight excluding hydrogens is 502 g/mol. The highest BCUT2D eigenvalue weighted by atomic mass is 35.5. The normalized spacial score (nSPS) is 22.9. The number of aromatic nitrogens is 2. The third-order valence-electron chi connectivity index (χ3n) is 7.99. The van der Waals surface area contributed by atoms with E-state index in [1.54, 1.807) is 0 Å². The summed E-state index contributed by atoms with van der Waals surface area (Å²) in [4.78, 5) is 4.81. The Hall–Kier alpha value is -2.64. The molecule has 3 aromatic carbocycles. The molecule has 0 saturated carbocycles. The van der Waals surface area contributed by atoms with Crippen molar-refractivity contribution in [1.82, 2.24) is 10.1 Å². The molecule has 1 aromatic heterocycles. The molecule has 5 nitrogen and oxygen atoms in total. The van der Waals surface area contributed by atoms with Gasteiger partial charge in [0.1, 0.15) is 0 Å². The molecule has 1 atom stereocenters. The molecule has 0 spiro atoms. The number of rotatable bonds is 8. The zero-order valence-corrected chi connectivity index (χ0v) is 22.3. The summed E-state index contributed by atoms with van der Waals surface area (Å²) in [5.41, 5.74) is 1.39. The SMILES string of the molecule is OC(c1ccccc1)(c1ccccc1)c1noc(C[N+]23CCC(CC2)[C@@H](SCc2ccccc2)C3)n1.[Cl-]. The van der Waals surface area contributed by atoms with Crippen molar-refractivity contribution in [2.24, 2.45) is 5.92 Å². The molecule has 4 aromatic rings. The van der Waals surface area contributed by atoms with Crippen molar-refractivity contribution < 1.29 is 26.5 Å². The summed E-state index contributed by atoms with van der Waals surface area (Å²) in [6.45, 7) is 4.18. The Morgan fingerprint density at radius 1 is 0.865 bits per heavy atom. The van der Waals surface area contributed by atoms with Crippen molar-refractivity contribution >= 4 is 11.8 Å². The highest BCUT2D eigenvalue weighted by Crippen LogP contribution is 2.42. The minimum absolute atomic E-state index is 0. The highest BCUT2D eigenvalue weighted by molar-refractivity contribution is 7.99. The van der Waals surface area contributed by atoms with Crippen LogP contribution in [0.1, 0.15) is 41.2 Å². The van der Waals surface area contributed by atoms with Crippen LogP contribution in [0.5, 0.6) is 0 Å². The zero-order valence-electron chi connectivity index (χ0n) is 20.7. The van der Waals surface area contributed by atoms with Crippen molar-refractivity contribution in [2.75, 3.05) is 19.6 Å². The van der Waals surface area contributed by atoms with Crippen molar-refractivity contribution in [3.63, 3.8) is 0 Å². The molecule has 0 unspecified atom stereocenters. The second-order valence-corrected chi connectivity index (χ2v) is 11.5. The molecule has 1 N–H and O–H groups in total. The van der Waals surface area contributed by atoms with Gasteiger partial charge in [-0.25, -0.2) is 0 Å². The fourth-order valence-electron chi connectivity index (χ4n) is 5.95. The molecule has 3 fully saturated rings. The van der Waals surface area contributed by atoms with E-state index in [0.717, 1.165) is 53.5 Å². The Bertz CT molecular complexity index is 1240. The average molecular weight is 534 g/mol. The number of fused-ring (bicyclic) bond motifs is 3. The van der Waals surface area contributed by atoms with Gasteiger partial charge in [-0.15, -0.1) is 11.8 Å². The van der Waals surface area contributed by atoms with E-state index in [0.29, 0.717) is 17.0 Å². The summed E-state index contributed by atoms with van der Waals surface area (Å²) >= 11 is 2.10. The van der Waals surface area contributed by atoms with Crippen LogP contribution in [0, 0.1) is 5.92 Å². The fourth-order valence-corrected chi connectivity index (χ4v) is 7.51. The fraction of sp³-hybridized carbons (Fsp3) is 0.333. The number of hydrogen-bond acceptors (Lipinski definition) is 5. The number of nitrogens with zero attached hydrogens (tertiary/aromatic N) is 3. The molecule has 0 radical (unpaired) electrons. The van der Waals surface area contributed by atoms with Crippen LogP contribution >= 0.6 is 11.8 Å². The summed E-state index contributed by atoms with van der Waals surface area (Å²) in [6, 6.07) is 30.0. The van der Waals surface area contributed by atoms with E-state index in [4.69, 9.17) is 9.51 Å². The molecule has 3 aliphatic heterocycles. The van der Waals surface area contributed by atoms with Crippen molar-refractivity contribution in [3.8, 4) is 0 Å². The second kappa shape index (κ2) is 11.0. The summed E-state index contributed by atoms with van der Waals surface area (Å²) in [5, 5.41) is 17.0. The predicted molar refractivity (Wildman–Crippen MR) is 142 cm³/mol. The van der Waals surface area contributed by atoms with Crippen LogP contribution in [-0.4, -0.2) is 44.6 Å². The molecule has 0 aliphatic carbocycles. The molecule has 2 bridgehead atoms. The van der Waals surface area contributed by atoms with E-state index in [1.165, 1.54) is 18.4 Å². The maximum atomic E-state index is 12.0. The first-order valence-corrected chi connectivity index (χ1v) is 13.9. The van der Waals surface area contributed by atoms with Crippen LogP contribution in [0.15, 0.2) is 95.5 Å². The number of hydrogen-bond donors (Lipinski definition) is 1. The van der Waals surface area contributed by atoms with Crippen LogP contribution in [-0.2, 0) is 17.9 Å². The number of quaternary nitrogens is 1. The largest absolute Gasteiger partial charge is 1.00 e. The first kappa shape index (κ1) is 26.0. The van der Waals surface area contributed by atoms with E-state index in [9.17, 15) is 5.11 Å². The van der Waals surface area contributed by atoms with Gasteiger partial charge < -0.3 is 26.5 Å². The minimum Gasteiger partial charge on any atom is -1.00 e. The number of benzene rings is 3. The Morgan fingerprint density at radius 3 is 2.03 bits per heavy atom. The van der Waals surface area contributed by atoms with E-state index < -0.39 is 5.60 Å². The van der Waals surface area contributed by atoms with E-state index in [1.807, 2.05) is 60.7 Å². The molecule has 7 rings (SSSR count). The summed E-state index contributed by atoms with van der Waals surface area (Å²) in [6.07, 6.45) is 2.51. The number of piperidine rings is 3. The monoisotopic (exact) mass is 533 g/mol. The Labute approximate surface area is 228 Å². The maximum Gasteiger partial charge on any atom is 0.282 e. The van der Waals surface area contributed by atoms with Gasteiger partial charge in [-0.1, -0.05) is 96.2 Å². The topological polar surface area (TPSA) is 59.2 Å². The van der Waals surface area contributed by atoms with Gasteiger partial charge in [0.2, 0.25) is 5.82 Å². The lowest BCUT2D eigenvalue weighted by atomic mass is 9.85. The number of halogens is 1. The predicted octanol–water partition coefficient (Wildman–Crippen LogP) is 2.40. The average Bonchev–Trinajstić information content (AvgIpc) is 3.42. The van der Waals surface area contributed by atoms with Gasteiger partial charge in [0, 0.05) is 18.6 Å². The minimum atomic E-state index is -1.47. The van der Waals surface area contributed by atoms with E-state index >= 15 is 0 Å². The van der Waals surface area contributed by atoms with Crippen molar-refractivity contribution in [3.05, 3.63) is 119 Å². The standard InChI is InChI=1S/C30H32N3O2S.ClH/c34-30(25-12-6-2-7-13-25,26-14-8-3-9-15-26)29-31-28(35-32-29)21-33-18-16-24(17-19-33)27(20-33)36-22-23-10-4-1-5-11-23;/h1-15,24,27,34H,16-22H2;1H/q+1;/p-1/t24?,27-,33?;/m0./s1. The maximum absolute atomic E-state index is 12.0. The molecule has 0 amide bonds. The highest BCUT2D eigenvalue weighted by Gasteiger charge is 2.47. The third kappa shape index (κ3) is 5.21. The van der Waals surface area contributed by atoms with Crippen LogP contribution in [0.4, 0.5) is 0 Å². The van der Waals surface area contributed by atoms with Gasteiger partial charge in [-0.05, 0) is 22.6 Å². The lowest BCUT2D eigenvalue weighted by molar-refractivity contribution is -0.955. The Kier molecular flexibility index (Phi) is 7.72. The number of thioether (sulfide) groups is 1. The Morgan fingerprint density at radius 2 is 1.43 bits per heavy atom. The number of aliphatic hydroxyl groups is 1. The Balaban J connectivity index is 0.00000280. The van der Waals surface area contributed by atoms with E-state index in [-0.39, 0.29) is 12.4 Å². The lowest BCUT2D eigenvalue weighted by Crippen LogP contribution is -3.00. The summed E-state index contributed by atoms with van der Waals surface area (Å²) < 4.78 is 6.82. The molecular formula is C30H32ClN3O2S. The van der Waals surface area contributed by atoms with Crippen molar-refractivity contribution in [2.45, 2.75) is 36.0 Å². The van der Waals surface area contributed by atoms with Crippen LogP contribution in [0.25, 0.3) is 0 Å². The van der Waals surface area contributed by atoms with Gasteiger partial charge in [-0.2, -0.15) is 4.98 Å². The van der Waals surface area contributed by atoms with Gasteiger partial charge in [0.25, 0.3) is 5.89 Å². The van der Waals surface area contributed by atoms with E-state index in [2.05, 4.69) is 47.3 Å². The van der Waals surface area contributed by atoms with Crippen molar-refractivity contribution in [1.29, 1.82) is 0 Å². The molecule has 192 valence electrons. The van der Waals surface area contributed by atoms with Gasteiger partial charge in [-0.3, -0.25) is 0 Å². The van der Waals surface area contributed by atoms with Crippen LogP contribution in [0.2, 0.25) is 0 Å². The third-order valence-corrected chi connectivity index (χ3v) is 9.46. The zero-order chi connectivity index (χ0) is 24.4. The van der Waals surface area contributed by atoms with Gasteiger partial charge in [0.15, 0.2) is 12.1 Å². The van der Waals surface area contributed by atoms with Gasteiger partial charge in [0.05, 0.1) is 24.9 Å². The summed E-state index contributed by atoms with van der Waals surface area (Å²) in [5.74, 6) is 2.78.